The van der Waals surface area contributed by atoms with Gasteiger partial charge in [-0.25, -0.2) is 4.79 Å². The van der Waals surface area contributed by atoms with E-state index in [1.807, 2.05) is 31.7 Å². The maximum atomic E-state index is 12.5. The average molecular weight is 333 g/mol. The van der Waals surface area contributed by atoms with Crippen molar-refractivity contribution < 1.29 is 14.6 Å². The predicted molar refractivity (Wildman–Crippen MR) is 95.8 cm³/mol. The largest absolute Gasteiger partial charge is 0.444 e. The first-order valence-corrected chi connectivity index (χ1v) is 8.94. The highest BCUT2D eigenvalue weighted by Crippen LogP contribution is 2.33. The normalized spacial score (nSPS) is 24.7. The van der Waals surface area contributed by atoms with Crippen molar-refractivity contribution in [2.75, 3.05) is 13.2 Å². The molecule has 24 heavy (non-hydrogen) atoms. The number of likely N-dealkylation sites (tertiary alicyclic amines) is 1. The molecule has 0 aliphatic carbocycles. The lowest BCUT2D eigenvalue weighted by atomic mass is 9.77. The van der Waals surface area contributed by atoms with Gasteiger partial charge in [0.2, 0.25) is 0 Å². The Morgan fingerprint density at radius 3 is 2.50 bits per heavy atom. The second kappa shape index (κ2) is 8.02. The molecule has 1 fully saturated rings. The van der Waals surface area contributed by atoms with Crippen molar-refractivity contribution >= 4 is 6.09 Å². The SMILES string of the molecule is C[C@@H]1CC(Cc2ccccc2)[C@H](CCO)CN1C(=O)OC(C)(C)C. The number of carbonyl (C=O) groups excluding carboxylic acids is 1. The number of piperidine rings is 1. The molecule has 1 saturated heterocycles. The van der Waals surface area contributed by atoms with Crippen LogP contribution in [0.2, 0.25) is 0 Å². The summed E-state index contributed by atoms with van der Waals surface area (Å²) in [6.45, 7) is 8.59. The van der Waals surface area contributed by atoms with Crippen LogP contribution in [-0.2, 0) is 11.2 Å². The number of nitrogens with zero attached hydrogens (tertiary/aromatic N) is 1. The van der Waals surface area contributed by atoms with E-state index in [9.17, 15) is 9.90 Å². The van der Waals surface area contributed by atoms with Gasteiger partial charge < -0.3 is 14.7 Å². The Balaban J connectivity index is 2.07. The van der Waals surface area contributed by atoms with Crippen LogP contribution in [0.15, 0.2) is 30.3 Å². The van der Waals surface area contributed by atoms with Crippen molar-refractivity contribution in [2.45, 2.75) is 58.6 Å². The van der Waals surface area contributed by atoms with Crippen molar-refractivity contribution in [1.82, 2.24) is 4.90 Å². The number of carbonyl (C=O) groups is 1. The Morgan fingerprint density at radius 2 is 1.92 bits per heavy atom. The highest BCUT2D eigenvalue weighted by Gasteiger charge is 2.37. The number of hydrogen-bond acceptors (Lipinski definition) is 3. The van der Waals surface area contributed by atoms with Gasteiger partial charge in [-0.1, -0.05) is 30.3 Å². The molecular weight excluding hydrogens is 302 g/mol. The smallest absolute Gasteiger partial charge is 0.410 e. The molecule has 1 unspecified atom stereocenters. The fraction of sp³-hybridized carbons (Fsp3) is 0.650. The Morgan fingerprint density at radius 1 is 1.25 bits per heavy atom. The Kier molecular flexibility index (Phi) is 6.27. The summed E-state index contributed by atoms with van der Waals surface area (Å²) >= 11 is 0. The van der Waals surface area contributed by atoms with Crippen molar-refractivity contribution in [1.29, 1.82) is 0 Å². The molecule has 134 valence electrons. The molecule has 0 spiro atoms. The lowest BCUT2D eigenvalue weighted by Gasteiger charge is -2.43. The molecule has 1 heterocycles. The molecule has 0 aromatic heterocycles. The van der Waals surface area contributed by atoms with Crippen LogP contribution in [-0.4, -0.2) is 40.9 Å². The van der Waals surface area contributed by atoms with Gasteiger partial charge in [-0.05, 0) is 64.4 Å². The van der Waals surface area contributed by atoms with E-state index in [0.717, 1.165) is 19.3 Å². The van der Waals surface area contributed by atoms with Crippen LogP contribution < -0.4 is 0 Å². The maximum Gasteiger partial charge on any atom is 0.410 e. The van der Waals surface area contributed by atoms with Crippen molar-refractivity contribution in [2.24, 2.45) is 11.8 Å². The van der Waals surface area contributed by atoms with Crippen LogP contribution in [0.5, 0.6) is 0 Å². The molecule has 1 aromatic carbocycles. The summed E-state index contributed by atoms with van der Waals surface area (Å²) < 4.78 is 5.55. The van der Waals surface area contributed by atoms with Crippen LogP contribution in [0, 0.1) is 11.8 Å². The van der Waals surface area contributed by atoms with Crippen molar-refractivity contribution in [3.8, 4) is 0 Å². The van der Waals surface area contributed by atoms with Gasteiger partial charge in [0.05, 0.1) is 0 Å². The summed E-state index contributed by atoms with van der Waals surface area (Å²) in [7, 11) is 0. The summed E-state index contributed by atoms with van der Waals surface area (Å²) in [5, 5.41) is 9.44. The van der Waals surface area contributed by atoms with Gasteiger partial charge in [0, 0.05) is 19.2 Å². The van der Waals surface area contributed by atoms with E-state index >= 15 is 0 Å². The number of amides is 1. The second-order valence-electron chi connectivity index (χ2n) is 7.94. The van der Waals surface area contributed by atoms with Crippen LogP contribution in [0.1, 0.15) is 46.1 Å². The quantitative estimate of drug-likeness (QED) is 0.910. The molecule has 3 atom stereocenters. The fourth-order valence-corrected chi connectivity index (χ4v) is 3.57. The first-order chi connectivity index (χ1) is 11.3. The van der Waals surface area contributed by atoms with Crippen molar-refractivity contribution in [3.05, 3.63) is 35.9 Å². The molecule has 1 amide bonds. The average Bonchev–Trinajstić information content (AvgIpc) is 2.49. The van der Waals surface area contributed by atoms with E-state index in [-0.39, 0.29) is 18.7 Å². The molecule has 1 N–H and O–H groups in total. The zero-order chi connectivity index (χ0) is 17.7. The minimum Gasteiger partial charge on any atom is -0.444 e. The van der Waals surface area contributed by atoms with Gasteiger partial charge in [0.15, 0.2) is 0 Å². The summed E-state index contributed by atoms with van der Waals surface area (Å²) in [6, 6.07) is 10.6. The summed E-state index contributed by atoms with van der Waals surface area (Å²) in [6.07, 6.45) is 2.43. The number of hydrogen-bond donors (Lipinski definition) is 1. The first kappa shape index (κ1) is 18.8. The number of ether oxygens (including phenoxy) is 1. The van der Waals surface area contributed by atoms with E-state index in [1.165, 1.54) is 5.56 Å². The highest BCUT2D eigenvalue weighted by atomic mass is 16.6. The molecule has 0 radical (unpaired) electrons. The lowest BCUT2D eigenvalue weighted by molar-refractivity contribution is -0.00669. The van der Waals surface area contributed by atoms with Gasteiger partial charge in [0.25, 0.3) is 0 Å². The zero-order valence-electron chi connectivity index (χ0n) is 15.4. The molecule has 1 aliphatic rings. The molecule has 4 heteroatoms. The molecule has 2 rings (SSSR count). The van der Waals surface area contributed by atoms with E-state index in [0.29, 0.717) is 18.4 Å². The molecule has 0 bridgehead atoms. The van der Waals surface area contributed by atoms with Gasteiger partial charge in [-0.3, -0.25) is 0 Å². The number of aliphatic hydroxyl groups excluding tert-OH is 1. The summed E-state index contributed by atoms with van der Waals surface area (Å²) in [4.78, 5) is 14.3. The fourth-order valence-electron chi connectivity index (χ4n) is 3.57. The Bertz CT molecular complexity index is 523. The molecular formula is C20H31NO3. The summed E-state index contributed by atoms with van der Waals surface area (Å²) in [5.74, 6) is 0.784. The standard InChI is InChI=1S/C20H31NO3/c1-15-12-18(13-16-8-6-5-7-9-16)17(10-11-22)14-21(15)19(23)24-20(2,3)4/h5-9,15,17-18,22H,10-14H2,1-4H3/t15-,17-,18?/m1/s1. The van der Waals surface area contributed by atoms with Gasteiger partial charge in [-0.2, -0.15) is 0 Å². The van der Waals surface area contributed by atoms with E-state index in [1.54, 1.807) is 0 Å². The van der Waals surface area contributed by atoms with Gasteiger partial charge in [0.1, 0.15) is 5.60 Å². The van der Waals surface area contributed by atoms with Crippen LogP contribution >= 0.6 is 0 Å². The zero-order valence-corrected chi connectivity index (χ0v) is 15.4. The molecule has 0 saturated carbocycles. The minimum absolute atomic E-state index is 0.156. The second-order valence-corrected chi connectivity index (χ2v) is 7.94. The highest BCUT2D eigenvalue weighted by molar-refractivity contribution is 5.68. The van der Waals surface area contributed by atoms with E-state index in [4.69, 9.17) is 4.74 Å². The first-order valence-electron chi connectivity index (χ1n) is 8.94. The predicted octanol–water partition coefficient (Wildman–Crippen LogP) is 3.87. The Labute approximate surface area is 145 Å². The maximum absolute atomic E-state index is 12.5. The van der Waals surface area contributed by atoms with Crippen LogP contribution in [0.4, 0.5) is 4.79 Å². The Hall–Kier alpha value is -1.55. The van der Waals surface area contributed by atoms with Crippen LogP contribution in [0.3, 0.4) is 0 Å². The van der Waals surface area contributed by atoms with Crippen LogP contribution in [0.25, 0.3) is 0 Å². The van der Waals surface area contributed by atoms with Crippen molar-refractivity contribution in [3.63, 3.8) is 0 Å². The van der Waals surface area contributed by atoms with Gasteiger partial charge >= 0.3 is 6.09 Å². The lowest BCUT2D eigenvalue weighted by Crippen LogP contribution is -2.51. The molecule has 1 aromatic rings. The van der Waals surface area contributed by atoms with Gasteiger partial charge in [-0.15, -0.1) is 0 Å². The van der Waals surface area contributed by atoms with E-state index < -0.39 is 5.60 Å². The third-order valence-corrected chi connectivity index (χ3v) is 4.74. The van der Waals surface area contributed by atoms with E-state index in [2.05, 4.69) is 31.2 Å². The number of rotatable bonds is 4. The number of benzene rings is 1. The molecule has 1 aliphatic heterocycles. The third kappa shape index (κ3) is 5.23. The summed E-state index contributed by atoms with van der Waals surface area (Å²) in [5.41, 5.74) is 0.841. The number of aliphatic hydroxyl groups is 1. The minimum atomic E-state index is -0.482. The molecule has 4 nitrogen and oxygen atoms in total. The third-order valence-electron chi connectivity index (χ3n) is 4.74. The topological polar surface area (TPSA) is 49.8 Å². The monoisotopic (exact) mass is 333 g/mol.